The summed E-state index contributed by atoms with van der Waals surface area (Å²) in [4.78, 5) is 14.8. The van der Waals surface area contributed by atoms with Crippen LogP contribution in [0.2, 0.25) is 0 Å². The van der Waals surface area contributed by atoms with Gasteiger partial charge in [0.1, 0.15) is 0 Å². The highest BCUT2D eigenvalue weighted by atomic mass is 127. The summed E-state index contributed by atoms with van der Waals surface area (Å²) in [5.74, 6) is -0.221. The van der Waals surface area contributed by atoms with Gasteiger partial charge in [-0.05, 0) is 85.4 Å². The van der Waals surface area contributed by atoms with Gasteiger partial charge in [0.15, 0.2) is 0 Å². The maximum absolute atomic E-state index is 12.9. The lowest BCUT2D eigenvalue weighted by Gasteiger charge is -2.36. The fourth-order valence-electron chi connectivity index (χ4n) is 3.03. The van der Waals surface area contributed by atoms with Crippen molar-refractivity contribution in [1.82, 2.24) is 9.21 Å². The van der Waals surface area contributed by atoms with E-state index in [2.05, 4.69) is 32.8 Å². The van der Waals surface area contributed by atoms with Gasteiger partial charge < -0.3 is 10.2 Å². The van der Waals surface area contributed by atoms with E-state index in [1.807, 2.05) is 33.0 Å². The molecule has 150 valence electrons. The molecule has 1 N–H and O–H groups in total. The molecule has 0 aliphatic carbocycles. The second-order valence-corrected chi connectivity index (χ2v) is 10.2. The molecule has 1 aliphatic heterocycles. The van der Waals surface area contributed by atoms with Gasteiger partial charge in [0.05, 0.1) is 4.90 Å². The molecule has 1 atom stereocenters. The molecule has 0 radical (unpaired) electrons. The van der Waals surface area contributed by atoms with Crippen molar-refractivity contribution in [3.05, 3.63) is 57.2 Å². The van der Waals surface area contributed by atoms with E-state index in [1.54, 1.807) is 30.3 Å². The first-order valence-corrected chi connectivity index (χ1v) is 11.6. The molecular weight excluding hydrogens is 489 g/mol. The lowest BCUT2D eigenvalue weighted by molar-refractivity contribution is 0.102. The van der Waals surface area contributed by atoms with Crippen LogP contribution in [0.5, 0.6) is 0 Å². The first kappa shape index (κ1) is 21.2. The van der Waals surface area contributed by atoms with Crippen molar-refractivity contribution >= 4 is 44.2 Å². The zero-order valence-corrected chi connectivity index (χ0v) is 19.1. The van der Waals surface area contributed by atoms with Crippen LogP contribution < -0.4 is 5.32 Å². The van der Waals surface area contributed by atoms with Gasteiger partial charge in [-0.25, -0.2) is 8.42 Å². The maximum atomic E-state index is 12.9. The molecule has 1 saturated heterocycles. The molecule has 2 aromatic carbocycles. The smallest absolute Gasteiger partial charge is 0.255 e. The molecule has 6 nitrogen and oxygen atoms in total. The zero-order chi connectivity index (χ0) is 20.5. The Kier molecular flexibility index (Phi) is 6.43. The lowest BCUT2D eigenvalue weighted by atomic mass is 10.1. The summed E-state index contributed by atoms with van der Waals surface area (Å²) in [5.41, 5.74) is 2.24. The minimum Gasteiger partial charge on any atom is -0.322 e. The molecule has 3 rings (SSSR count). The summed E-state index contributed by atoms with van der Waals surface area (Å²) in [7, 11) is -1.53. The number of sulfonamides is 1. The molecule has 28 heavy (non-hydrogen) atoms. The average molecular weight is 513 g/mol. The second kappa shape index (κ2) is 8.48. The Morgan fingerprint density at radius 3 is 2.43 bits per heavy atom. The molecule has 8 heteroatoms. The van der Waals surface area contributed by atoms with Crippen molar-refractivity contribution in [2.75, 3.05) is 32.0 Å². The molecule has 0 spiro atoms. The third kappa shape index (κ3) is 4.56. The molecule has 1 aliphatic rings. The number of rotatable bonds is 4. The minimum atomic E-state index is -3.53. The number of nitrogens with one attached hydrogen (secondary N) is 1. The summed E-state index contributed by atoms with van der Waals surface area (Å²) in [5, 5.41) is 2.82. The van der Waals surface area contributed by atoms with Gasteiger partial charge in [-0.2, -0.15) is 4.31 Å². The van der Waals surface area contributed by atoms with Crippen molar-refractivity contribution < 1.29 is 13.2 Å². The fourth-order valence-corrected chi connectivity index (χ4v) is 5.06. The number of likely N-dealkylation sites (N-methyl/N-ethyl adjacent to an activating group) is 1. The van der Waals surface area contributed by atoms with Gasteiger partial charge in [-0.3, -0.25) is 4.79 Å². The SMILES string of the molecule is Cc1ccc(C(=O)Nc2ccc(S(=O)(=O)N3CCN(C)C(C)C3)cc2)cc1I. The molecule has 1 unspecified atom stereocenters. The van der Waals surface area contributed by atoms with Crippen LogP contribution in [-0.4, -0.2) is 56.3 Å². The van der Waals surface area contributed by atoms with Crippen molar-refractivity contribution in [1.29, 1.82) is 0 Å². The number of piperazine rings is 1. The Balaban J connectivity index is 1.72. The number of carbonyl (C=O) groups is 1. The van der Waals surface area contributed by atoms with Crippen LogP contribution in [0.1, 0.15) is 22.8 Å². The Hall–Kier alpha value is -1.49. The number of carbonyl (C=O) groups excluding carboxylic acids is 1. The molecular formula is C20H24IN3O3S. The third-order valence-corrected chi connectivity index (χ3v) is 8.15. The Morgan fingerprint density at radius 2 is 1.82 bits per heavy atom. The molecule has 1 fully saturated rings. The molecule has 0 saturated carbocycles. The summed E-state index contributed by atoms with van der Waals surface area (Å²) in [6, 6.07) is 12.0. The Labute approximate surface area is 180 Å². The largest absolute Gasteiger partial charge is 0.322 e. The number of hydrogen-bond donors (Lipinski definition) is 1. The zero-order valence-electron chi connectivity index (χ0n) is 16.1. The van der Waals surface area contributed by atoms with Gasteiger partial charge in [-0.1, -0.05) is 6.07 Å². The van der Waals surface area contributed by atoms with Crippen molar-refractivity contribution in [3.63, 3.8) is 0 Å². The molecule has 2 aromatic rings. The number of halogens is 1. The van der Waals surface area contributed by atoms with Crippen LogP contribution in [0, 0.1) is 10.5 Å². The van der Waals surface area contributed by atoms with E-state index in [9.17, 15) is 13.2 Å². The Bertz CT molecular complexity index is 977. The number of aryl methyl sites for hydroxylation is 1. The van der Waals surface area contributed by atoms with Gasteiger partial charge >= 0.3 is 0 Å². The summed E-state index contributed by atoms with van der Waals surface area (Å²) < 4.78 is 28.3. The second-order valence-electron chi connectivity index (χ2n) is 7.14. The summed E-state index contributed by atoms with van der Waals surface area (Å²) >= 11 is 2.20. The fraction of sp³-hybridized carbons (Fsp3) is 0.350. The first-order chi connectivity index (χ1) is 13.2. The van der Waals surface area contributed by atoms with Gasteiger partial charge in [-0.15, -0.1) is 0 Å². The molecule has 0 aromatic heterocycles. The van der Waals surface area contributed by atoms with E-state index >= 15 is 0 Å². The summed E-state index contributed by atoms with van der Waals surface area (Å²) in [6.45, 7) is 5.68. The topological polar surface area (TPSA) is 69.7 Å². The predicted molar refractivity (Wildman–Crippen MR) is 119 cm³/mol. The van der Waals surface area contributed by atoms with Gasteiger partial charge in [0, 0.05) is 40.5 Å². The highest BCUT2D eigenvalue weighted by Crippen LogP contribution is 2.22. The van der Waals surface area contributed by atoms with Gasteiger partial charge in [0.25, 0.3) is 5.91 Å². The minimum absolute atomic E-state index is 0.180. The number of hydrogen-bond acceptors (Lipinski definition) is 4. The van der Waals surface area contributed by atoms with E-state index in [1.165, 1.54) is 4.31 Å². The van der Waals surface area contributed by atoms with Crippen LogP contribution in [0.3, 0.4) is 0 Å². The van der Waals surface area contributed by atoms with E-state index in [0.29, 0.717) is 30.9 Å². The van der Waals surface area contributed by atoms with Crippen LogP contribution >= 0.6 is 22.6 Å². The highest BCUT2D eigenvalue weighted by Gasteiger charge is 2.30. The monoisotopic (exact) mass is 513 g/mol. The van der Waals surface area contributed by atoms with E-state index < -0.39 is 10.0 Å². The Morgan fingerprint density at radius 1 is 1.14 bits per heavy atom. The van der Waals surface area contributed by atoms with Crippen LogP contribution in [0.25, 0.3) is 0 Å². The number of anilines is 1. The van der Waals surface area contributed by atoms with E-state index in [-0.39, 0.29) is 16.8 Å². The van der Waals surface area contributed by atoms with Crippen LogP contribution in [0.15, 0.2) is 47.4 Å². The highest BCUT2D eigenvalue weighted by molar-refractivity contribution is 14.1. The normalized spacial score (nSPS) is 18.8. The third-order valence-electron chi connectivity index (χ3n) is 5.11. The summed E-state index contributed by atoms with van der Waals surface area (Å²) in [6.07, 6.45) is 0. The maximum Gasteiger partial charge on any atom is 0.255 e. The van der Waals surface area contributed by atoms with Crippen molar-refractivity contribution in [2.24, 2.45) is 0 Å². The molecule has 1 heterocycles. The predicted octanol–water partition coefficient (Wildman–Crippen LogP) is 3.18. The number of amides is 1. The quantitative estimate of drug-likeness (QED) is 0.638. The standard InChI is InChI=1S/C20H24IN3O3S/c1-14-4-5-16(12-19(14)21)20(25)22-17-6-8-18(9-7-17)28(26,27)24-11-10-23(3)15(2)13-24/h4-9,12,15H,10-11,13H2,1-3H3,(H,22,25). The number of benzene rings is 2. The van der Waals surface area contributed by atoms with Gasteiger partial charge in [0.2, 0.25) is 10.0 Å². The number of nitrogens with zero attached hydrogens (tertiary/aromatic N) is 2. The van der Waals surface area contributed by atoms with Crippen molar-refractivity contribution in [3.8, 4) is 0 Å². The van der Waals surface area contributed by atoms with E-state index in [0.717, 1.165) is 9.13 Å². The van der Waals surface area contributed by atoms with Crippen molar-refractivity contribution in [2.45, 2.75) is 24.8 Å². The lowest BCUT2D eigenvalue weighted by Crippen LogP contribution is -2.51. The van der Waals surface area contributed by atoms with E-state index in [4.69, 9.17) is 0 Å². The molecule has 0 bridgehead atoms. The van der Waals surface area contributed by atoms with Crippen LogP contribution in [-0.2, 0) is 10.0 Å². The average Bonchev–Trinajstić information content (AvgIpc) is 2.66. The molecule has 1 amide bonds. The van der Waals surface area contributed by atoms with Crippen LogP contribution in [0.4, 0.5) is 5.69 Å². The first-order valence-electron chi connectivity index (χ1n) is 9.06.